The van der Waals surface area contributed by atoms with Gasteiger partial charge in [0.1, 0.15) is 5.78 Å². The van der Waals surface area contributed by atoms with Crippen molar-refractivity contribution in [2.24, 2.45) is 16.7 Å². The molecule has 0 aliphatic heterocycles. The van der Waals surface area contributed by atoms with Crippen molar-refractivity contribution in [3.8, 4) is 0 Å². The minimum atomic E-state index is -1.46. The minimum absolute atomic E-state index is 0.0466. The monoisotopic (exact) mass is 312 g/mol. The average Bonchev–Trinajstić information content (AvgIpc) is 2.32. The van der Waals surface area contributed by atoms with Crippen molar-refractivity contribution in [2.45, 2.75) is 73.5 Å². The molecular formula is C17H28O5. The van der Waals surface area contributed by atoms with Crippen molar-refractivity contribution in [1.82, 2.24) is 0 Å². The molecule has 5 nitrogen and oxygen atoms in total. The molecule has 0 spiro atoms. The van der Waals surface area contributed by atoms with E-state index in [0.29, 0.717) is 12.8 Å². The molecule has 0 aromatic carbocycles. The molecule has 0 aromatic heterocycles. The van der Waals surface area contributed by atoms with Crippen LogP contribution in [0.5, 0.6) is 0 Å². The number of esters is 2. The molecule has 1 aliphatic carbocycles. The van der Waals surface area contributed by atoms with E-state index in [2.05, 4.69) is 0 Å². The smallest absolute Gasteiger partial charge is 0.314 e. The van der Waals surface area contributed by atoms with Gasteiger partial charge in [-0.3, -0.25) is 14.4 Å². The first-order chi connectivity index (χ1) is 9.77. The first kappa shape index (κ1) is 18.7. The van der Waals surface area contributed by atoms with Crippen LogP contribution < -0.4 is 0 Å². The Morgan fingerprint density at radius 2 is 1.41 bits per heavy atom. The van der Waals surface area contributed by atoms with Crippen LogP contribution >= 0.6 is 0 Å². The number of carbonyl (C=O) groups is 3. The molecule has 0 radical (unpaired) electrons. The highest BCUT2D eigenvalue weighted by molar-refractivity contribution is 5.84. The zero-order valence-electron chi connectivity index (χ0n) is 14.7. The zero-order valence-corrected chi connectivity index (χ0v) is 14.7. The molecule has 0 amide bonds. The van der Waals surface area contributed by atoms with E-state index in [1.807, 2.05) is 6.92 Å². The van der Waals surface area contributed by atoms with E-state index in [1.165, 1.54) is 0 Å². The van der Waals surface area contributed by atoms with Crippen molar-refractivity contribution in [3.05, 3.63) is 0 Å². The largest absolute Gasteiger partial charge is 0.422 e. The van der Waals surface area contributed by atoms with Gasteiger partial charge in [0.25, 0.3) is 5.79 Å². The van der Waals surface area contributed by atoms with Crippen LogP contribution in [0.4, 0.5) is 0 Å². The van der Waals surface area contributed by atoms with Gasteiger partial charge in [-0.2, -0.15) is 0 Å². The Morgan fingerprint density at radius 3 is 1.73 bits per heavy atom. The fraction of sp³-hybridized carbons (Fsp3) is 0.824. The summed E-state index contributed by atoms with van der Waals surface area (Å²) in [5, 5.41) is 0. The molecule has 126 valence electrons. The quantitative estimate of drug-likeness (QED) is 0.578. The third-order valence-electron chi connectivity index (χ3n) is 3.73. The molecule has 0 N–H and O–H groups in total. The minimum Gasteiger partial charge on any atom is -0.422 e. The molecule has 0 saturated heterocycles. The summed E-state index contributed by atoms with van der Waals surface area (Å²) in [5.41, 5.74) is -1.46. The average molecular weight is 312 g/mol. The second-order valence-corrected chi connectivity index (χ2v) is 8.27. The van der Waals surface area contributed by atoms with E-state index in [-0.39, 0.29) is 18.1 Å². The highest BCUT2D eigenvalue weighted by Gasteiger charge is 2.48. The molecule has 0 aromatic rings. The van der Waals surface area contributed by atoms with Gasteiger partial charge in [-0.1, -0.05) is 6.92 Å². The summed E-state index contributed by atoms with van der Waals surface area (Å²) in [5.74, 6) is -2.56. The van der Waals surface area contributed by atoms with E-state index in [9.17, 15) is 14.4 Å². The SMILES string of the molecule is CC1CCC(OC(=O)C(C)(C)C)(OC(=O)C(C)(C)C)CC1=O. The van der Waals surface area contributed by atoms with Crippen LogP contribution in [-0.4, -0.2) is 23.5 Å². The summed E-state index contributed by atoms with van der Waals surface area (Å²) in [6, 6.07) is 0. The topological polar surface area (TPSA) is 69.7 Å². The van der Waals surface area contributed by atoms with Gasteiger partial charge in [0.05, 0.1) is 17.3 Å². The predicted octanol–water partition coefficient (Wildman–Crippen LogP) is 3.25. The molecule has 22 heavy (non-hydrogen) atoms. The number of Topliss-reactive ketones (excluding diaryl/α,β-unsaturated/α-hetero) is 1. The van der Waals surface area contributed by atoms with E-state index in [4.69, 9.17) is 9.47 Å². The lowest BCUT2D eigenvalue weighted by Crippen LogP contribution is -2.49. The van der Waals surface area contributed by atoms with Crippen molar-refractivity contribution >= 4 is 17.7 Å². The summed E-state index contributed by atoms with van der Waals surface area (Å²) in [6.45, 7) is 12.2. The Balaban J connectivity index is 3.03. The Morgan fingerprint density at radius 1 is 1.00 bits per heavy atom. The summed E-state index contributed by atoms with van der Waals surface area (Å²) in [4.78, 5) is 36.6. The number of carbonyl (C=O) groups excluding carboxylic acids is 3. The third kappa shape index (κ3) is 4.55. The third-order valence-corrected chi connectivity index (χ3v) is 3.73. The van der Waals surface area contributed by atoms with E-state index < -0.39 is 28.6 Å². The van der Waals surface area contributed by atoms with Crippen molar-refractivity contribution in [2.75, 3.05) is 0 Å². The van der Waals surface area contributed by atoms with Crippen LogP contribution in [0.25, 0.3) is 0 Å². The Hall–Kier alpha value is -1.39. The normalized spacial score (nSPS) is 22.1. The fourth-order valence-corrected chi connectivity index (χ4v) is 1.96. The van der Waals surface area contributed by atoms with Gasteiger partial charge in [-0.15, -0.1) is 0 Å². The second-order valence-electron chi connectivity index (χ2n) is 8.27. The van der Waals surface area contributed by atoms with Crippen LogP contribution in [0.3, 0.4) is 0 Å². The molecule has 1 atom stereocenters. The molecule has 0 heterocycles. The number of ketones is 1. The van der Waals surface area contributed by atoms with Gasteiger partial charge in [-0.25, -0.2) is 0 Å². The maximum absolute atomic E-state index is 12.2. The van der Waals surface area contributed by atoms with Gasteiger partial charge < -0.3 is 9.47 Å². The number of ether oxygens (including phenoxy) is 2. The highest BCUT2D eigenvalue weighted by atomic mass is 16.7. The van der Waals surface area contributed by atoms with E-state index in [0.717, 1.165) is 0 Å². The predicted molar refractivity (Wildman–Crippen MR) is 81.8 cm³/mol. The summed E-state index contributed by atoms with van der Waals surface area (Å²) in [6.07, 6.45) is 0.815. The van der Waals surface area contributed by atoms with Crippen LogP contribution in [0.15, 0.2) is 0 Å². The van der Waals surface area contributed by atoms with Gasteiger partial charge in [0.15, 0.2) is 0 Å². The lowest BCUT2D eigenvalue weighted by atomic mass is 9.84. The Kier molecular flexibility index (Phi) is 5.10. The number of hydrogen-bond donors (Lipinski definition) is 0. The molecule has 1 saturated carbocycles. The molecule has 1 fully saturated rings. The number of rotatable bonds is 2. The van der Waals surface area contributed by atoms with Crippen LogP contribution in [0.2, 0.25) is 0 Å². The van der Waals surface area contributed by atoms with Crippen molar-refractivity contribution in [3.63, 3.8) is 0 Å². The molecule has 0 bridgehead atoms. The number of hydrogen-bond acceptors (Lipinski definition) is 5. The second kappa shape index (κ2) is 6.01. The summed E-state index contributed by atoms with van der Waals surface area (Å²) >= 11 is 0. The lowest BCUT2D eigenvalue weighted by molar-refractivity contribution is -0.246. The zero-order chi connectivity index (χ0) is 17.3. The van der Waals surface area contributed by atoms with Crippen molar-refractivity contribution in [1.29, 1.82) is 0 Å². The first-order valence-corrected chi connectivity index (χ1v) is 7.76. The van der Waals surface area contributed by atoms with Crippen LogP contribution in [0.1, 0.15) is 67.7 Å². The maximum Gasteiger partial charge on any atom is 0.314 e. The van der Waals surface area contributed by atoms with Crippen LogP contribution in [0, 0.1) is 16.7 Å². The van der Waals surface area contributed by atoms with Gasteiger partial charge >= 0.3 is 11.9 Å². The Bertz CT molecular complexity index is 436. The fourth-order valence-electron chi connectivity index (χ4n) is 1.96. The van der Waals surface area contributed by atoms with Crippen molar-refractivity contribution < 1.29 is 23.9 Å². The van der Waals surface area contributed by atoms with E-state index >= 15 is 0 Å². The van der Waals surface area contributed by atoms with Gasteiger partial charge in [0.2, 0.25) is 0 Å². The molecule has 1 rings (SSSR count). The van der Waals surface area contributed by atoms with Gasteiger partial charge in [-0.05, 0) is 48.0 Å². The molecule has 5 heteroatoms. The van der Waals surface area contributed by atoms with E-state index in [1.54, 1.807) is 41.5 Å². The maximum atomic E-state index is 12.2. The molecule has 1 unspecified atom stereocenters. The first-order valence-electron chi connectivity index (χ1n) is 7.76. The molecule has 1 aliphatic rings. The van der Waals surface area contributed by atoms with Gasteiger partial charge in [0, 0.05) is 12.3 Å². The Labute approximate surface area is 132 Å². The van der Waals surface area contributed by atoms with Crippen LogP contribution in [-0.2, 0) is 23.9 Å². The standard InChI is InChI=1S/C17H28O5/c1-11-8-9-17(10-12(11)18,21-13(19)15(2,3)4)22-14(20)16(5,6)7/h11H,8-10H2,1-7H3. The summed E-state index contributed by atoms with van der Waals surface area (Å²) in [7, 11) is 0. The summed E-state index contributed by atoms with van der Waals surface area (Å²) < 4.78 is 11.1. The lowest BCUT2D eigenvalue weighted by Gasteiger charge is -2.39. The molecular weight excluding hydrogens is 284 g/mol. The highest BCUT2D eigenvalue weighted by Crippen LogP contribution is 2.37.